The van der Waals surface area contributed by atoms with Gasteiger partial charge in [-0.15, -0.1) is 0 Å². The van der Waals surface area contributed by atoms with Crippen LogP contribution in [0.2, 0.25) is 0 Å². The van der Waals surface area contributed by atoms with Gasteiger partial charge in [0, 0.05) is 25.8 Å². The number of aryl methyl sites for hydroxylation is 1. The molecular formula is C10H19N3O2. The van der Waals surface area contributed by atoms with E-state index >= 15 is 0 Å². The van der Waals surface area contributed by atoms with E-state index in [-0.39, 0.29) is 6.61 Å². The molecule has 0 saturated heterocycles. The van der Waals surface area contributed by atoms with Crippen LogP contribution in [-0.4, -0.2) is 38.7 Å². The lowest BCUT2D eigenvalue weighted by Gasteiger charge is -2.20. The molecule has 0 spiro atoms. The molecule has 0 bridgehead atoms. The highest BCUT2D eigenvalue weighted by Crippen LogP contribution is 2.01. The first-order valence-corrected chi connectivity index (χ1v) is 5.13. The highest BCUT2D eigenvalue weighted by atomic mass is 16.3. The second-order valence-electron chi connectivity index (χ2n) is 3.90. The Balaban J connectivity index is 2.38. The molecule has 15 heavy (non-hydrogen) atoms. The Hall–Kier alpha value is -0.910. The average Bonchev–Trinajstić information content (AvgIpc) is 2.65. The van der Waals surface area contributed by atoms with E-state index in [2.05, 4.69) is 10.4 Å². The van der Waals surface area contributed by atoms with Gasteiger partial charge in [-0.25, -0.2) is 0 Å². The molecule has 3 N–H and O–H groups in total. The fourth-order valence-electron chi connectivity index (χ4n) is 1.31. The minimum Gasteiger partial charge on any atom is -0.393 e. The standard InChI is InChI=1S/C10H19N3O2/c1-3-13-9(4-5-12-13)6-11-7-10(2,15)8-14/h4-5,11,14-15H,3,6-8H2,1-2H3. The molecule has 1 aromatic heterocycles. The van der Waals surface area contributed by atoms with Gasteiger partial charge in [0.2, 0.25) is 0 Å². The van der Waals surface area contributed by atoms with E-state index < -0.39 is 5.60 Å². The van der Waals surface area contributed by atoms with Crippen LogP contribution in [0.25, 0.3) is 0 Å². The molecule has 0 radical (unpaired) electrons. The molecule has 1 rings (SSSR count). The number of aliphatic hydroxyl groups excluding tert-OH is 1. The highest BCUT2D eigenvalue weighted by Gasteiger charge is 2.17. The smallest absolute Gasteiger partial charge is 0.0972 e. The van der Waals surface area contributed by atoms with Crippen molar-refractivity contribution in [2.75, 3.05) is 13.2 Å². The number of rotatable bonds is 6. The molecule has 5 nitrogen and oxygen atoms in total. The minimum atomic E-state index is -1.06. The van der Waals surface area contributed by atoms with Crippen molar-refractivity contribution < 1.29 is 10.2 Å². The molecule has 0 aromatic carbocycles. The highest BCUT2D eigenvalue weighted by molar-refractivity contribution is 5.00. The van der Waals surface area contributed by atoms with Crippen LogP contribution in [0.15, 0.2) is 12.3 Å². The fourth-order valence-corrected chi connectivity index (χ4v) is 1.31. The number of aromatic nitrogens is 2. The molecular weight excluding hydrogens is 194 g/mol. The Labute approximate surface area is 89.7 Å². The molecule has 0 saturated carbocycles. The Morgan fingerprint density at radius 1 is 1.60 bits per heavy atom. The molecule has 1 unspecified atom stereocenters. The van der Waals surface area contributed by atoms with Gasteiger partial charge < -0.3 is 15.5 Å². The van der Waals surface area contributed by atoms with Gasteiger partial charge >= 0.3 is 0 Å². The monoisotopic (exact) mass is 213 g/mol. The third-order valence-corrected chi connectivity index (χ3v) is 2.26. The quantitative estimate of drug-likeness (QED) is 0.608. The van der Waals surface area contributed by atoms with E-state index in [1.165, 1.54) is 0 Å². The summed E-state index contributed by atoms with van der Waals surface area (Å²) < 4.78 is 1.89. The molecule has 1 aromatic rings. The van der Waals surface area contributed by atoms with E-state index in [1.807, 2.05) is 17.7 Å². The van der Waals surface area contributed by atoms with Crippen molar-refractivity contribution in [1.29, 1.82) is 0 Å². The first-order valence-electron chi connectivity index (χ1n) is 5.13. The van der Waals surface area contributed by atoms with E-state index in [0.29, 0.717) is 13.1 Å². The number of nitrogens with one attached hydrogen (secondary N) is 1. The maximum Gasteiger partial charge on any atom is 0.0972 e. The van der Waals surface area contributed by atoms with Gasteiger partial charge in [-0.2, -0.15) is 5.10 Å². The van der Waals surface area contributed by atoms with Gasteiger partial charge in [0.15, 0.2) is 0 Å². The normalized spacial score (nSPS) is 15.2. The lowest BCUT2D eigenvalue weighted by Crippen LogP contribution is -2.40. The van der Waals surface area contributed by atoms with Gasteiger partial charge in [-0.05, 0) is 19.9 Å². The van der Waals surface area contributed by atoms with Crippen LogP contribution >= 0.6 is 0 Å². The third kappa shape index (κ3) is 3.62. The van der Waals surface area contributed by atoms with Crippen molar-refractivity contribution in [3.05, 3.63) is 18.0 Å². The number of hydrogen-bond donors (Lipinski definition) is 3. The molecule has 0 amide bonds. The van der Waals surface area contributed by atoms with Crippen LogP contribution in [0, 0.1) is 0 Å². The SMILES string of the molecule is CCn1nccc1CNCC(C)(O)CO. The zero-order valence-corrected chi connectivity index (χ0v) is 9.27. The Morgan fingerprint density at radius 3 is 2.93 bits per heavy atom. The summed E-state index contributed by atoms with van der Waals surface area (Å²) in [6.45, 7) is 5.22. The summed E-state index contributed by atoms with van der Waals surface area (Å²) in [6.07, 6.45) is 1.75. The summed E-state index contributed by atoms with van der Waals surface area (Å²) >= 11 is 0. The lowest BCUT2D eigenvalue weighted by molar-refractivity contribution is 0.00243. The largest absolute Gasteiger partial charge is 0.393 e. The number of nitrogens with zero attached hydrogens (tertiary/aromatic N) is 2. The second kappa shape index (κ2) is 5.25. The van der Waals surface area contributed by atoms with Crippen LogP contribution < -0.4 is 5.32 Å². The topological polar surface area (TPSA) is 70.3 Å². The fraction of sp³-hybridized carbons (Fsp3) is 0.700. The predicted molar refractivity (Wildman–Crippen MR) is 57.3 cm³/mol. The molecule has 1 atom stereocenters. The zero-order chi connectivity index (χ0) is 11.3. The van der Waals surface area contributed by atoms with Crippen LogP contribution in [-0.2, 0) is 13.1 Å². The molecule has 0 aliphatic rings. The first kappa shape index (κ1) is 12.2. The molecule has 5 heteroatoms. The van der Waals surface area contributed by atoms with E-state index in [4.69, 9.17) is 5.11 Å². The summed E-state index contributed by atoms with van der Waals surface area (Å²) in [5.74, 6) is 0. The van der Waals surface area contributed by atoms with Gasteiger partial charge in [0.25, 0.3) is 0 Å². The predicted octanol–water partition coefficient (Wildman–Crippen LogP) is -0.264. The van der Waals surface area contributed by atoms with Crippen molar-refractivity contribution in [1.82, 2.24) is 15.1 Å². The average molecular weight is 213 g/mol. The van der Waals surface area contributed by atoms with E-state index in [0.717, 1.165) is 12.2 Å². The van der Waals surface area contributed by atoms with Crippen LogP contribution in [0.4, 0.5) is 0 Å². The first-order chi connectivity index (χ1) is 7.09. The molecule has 1 heterocycles. The van der Waals surface area contributed by atoms with Crippen LogP contribution in [0.1, 0.15) is 19.5 Å². The number of aliphatic hydroxyl groups is 2. The second-order valence-corrected chi connectivity index (χ2v) is 3.90. The lowest BCUT2D eigenvalue weighted by atomic mass is 10.1. The van der Waals surface area contributed by atoms with Gasteiger partial charge in [0.1, 0.15) is 0 Å². The van der Waals surface area contributed by atoms with Crippen LogP contribution in [0.3, 0.4) is 0 Å². The van der Waals surface area contributed by atoms with Crippen molar-refractivity contribution in [2.45, 2.75) is 32.5 Å². The summed E-state index contributed by atoms with van der Waals surface area (Å²) in [4.78, 5) is 0. The summed E-state index contributed by atoms with van der Waals surface area (Å²) in [7, 11) is 0. The summed E-state index contributed by atoms with van der Waals surface area (Å²) in [5, 5.41) is 25.6. The van der Waals surface area contributed by atoms with Crippen molar-refractivity contribution >= 4 is 0 Å². The molecule has 0 aliphatic heterocycles. The Kier molecular flexibility index (Phi) is 4.26. The summed E-state index contributed by atoms with van der Waals surface area (Å²) in [5.41, 5.74) is 0.0168. The van der Waals surface area contributed by atoms with Crippen molar-refractivity contribution in [3.8, 4) is 0 Å². The molecule has 86 valence electrons. The third-order valence-electron chi connectivity index (χ3n) is 2.26. The van der Waals surface area contributed by atoms with Gasteiger partial charge in [-0.1, -0.05) is 0 Å². The Morgan fingerprint density at radius 2 is 2.33 bits per heavy atom. The van der Waals surface area contributed by atoms with Crippen molar-refractivity contribution in [2.24, 2.45) is 0 Å². The van der Waals surface area contributed by atoms with Crippen LogP contribution in [0.5, 0.6) is 0 Å². The maximum absolute atomic E-state index is 9.54. The zero-order valence-electron chi connectivity index (χ0n) is 9.27. The number of hydrogen-bond acceptors (Lipinski definition) is 4. The molecule has 0 aliphatic carbocycles. The molecule has 0 fully saturated rings. The van der Waals surface area contributed by atoms with Gasteiger partial charge in [-0.3, -0.25) is 4.68 Å². The Bertz CT molecular complexity index is 297. The minimum absolute atomic E-state index is 0.243. The maximum atomic E-state index is 9.54. The van der Waals surface area contributed by atoms with Crippen molar-refractivity contribution in [3.63, 3.8) is 0 Å². The summed E-state index contributed by atoms with van der Waals surface area (Å²) in [6, 6.07) is 1.93. The van der Waals surface area contributed by atoms with E-state index in [1.54, 1.807) is 13.1 Å². The van der Waals surface area contributed by atoms with Gasteiger partial charge in [0.05, 0.1) is 17.9 Å². The van der Waals surface area contributed by atoms with E-state index in [9.17, 15) is 5.11 Å².